The lowest BCUT2D eigenvalue weighted by molar-refractivity contribution is 0.622. The largest absolute Gasteiger partial charge is 0.329 e. The zero-order valence-electron chi connectivity index (χ0n) is 8.68. The average Bonchev–Trinajstić information content (AvgIpc) is 2.31. The summed E-state index contributed by atoms with van der Waals surface area (Å²) in [4.78, 5) is 7.99. The van der Waals surface area contributed by atoms with Crippen molar-refractivity contribution >= 4 is 0 Å². The quantitative estimate of drug-likeness (QED) is 0.851. The summed E-state index contributed by atoms with van der Waals surface area (Å²) in [5.74, 6) is -0.344. The standard InChI is InChI=1S/C12H12FN3/c13-10-3-1-2-9(6-10)11(7-14)12-4-5-15-8-16-12/h1-6,8,11H,7,14H2. The Bertz CT molecular complexity index is 459. The van der Waals surface area contributed by atoms with Gasteiger partial charge in [-0.15, -0.1) is 0 Å². The average molecular weight is 217 g/mol. The topological polar surface area (TPSA) is 51.8 Å². The summed E-state index contributed by atoms with van der Waals surface area (Å²) in [5, 5.41) is 0. The van der Waals surface area contributed by atoms with E-state index < -0.39 is 0 Å². The van der Waals surface area contributed by atoms with E-state index in [0.717, 1.165) is 11.3 Å². The molecule has 0 aliphatic carbocycles. The molecule has 1 unspecified atom stereocenters. The van der Waals surface area contributed by atoms with Gasteiger partial charge in [0.1, 0.15) is 12.1 Å². The second kappa shape index (κ2) is 4.81. The molecule has 0 aliphatic heterocycles. The Morgan fingerprint density at radius 1 is 1.31 bits per heavy atom. The zero-order chi connectivity index (χ0) is 11.4. The Morgan fingerprint density at radius 3 is 2.81 bits per heavy atom. The van der Waals surface area contributed by atoms with Crippen molar-refractivity contribution in [2.45, 2.75) is 5.92 Å². The maximum Gasteiger partial charge on any atom is 0.123 e. The molecule has 1 aromatic carbocycles. The molecule has 0 saturated carbocycles. The highest BCUT2D eigenvalue weighted by atomic mass is 19.1. The molecule has 2 N–H and O–H groups in total. The molecular weight excluding hydrogens is 205 g/mol. The van der Waals surface area contributed by atoms with Crippen LogP contribution in [0, 0.1) is 5.82 Å². The van der Waals surface area contributed by atoms with Crippen molar-refractivity contribution in [2.24, 2.45) is 5.73 Å². The van der Waals surface area contributed by atoms with E-state index in [1.807, 2.05) is 6.07 Å². The fourth-order valence-electron chi connectivity index (χ4n) is 1.66. The maximum atomic E-state index is 13.1. The van der Waals surface area contributed by atoms with Gasteiger partial charge >= 0.3 is 0 Å². The van der Waals surface area contributed by atoms with Crippen LogP contribution in [0.4, 0.5) is 4.39 Å². The first-order valence-electron chi connectivity index (χ1n) is 5.02. The van der Waals surface area contributed by atoms with E-state index in [9.17, 15) is 4.39 Å². The first-order chi connectivity index (χ1) is 7.81. The van der Waals surface area contributed by atoms with Crippen molar-refractivity contribution in [1.29, 1.82) is 0 Å². The molecule has 82 valence electrons. The molecule has 0 bridgehead atoms. The molecule has 1 heterocycles. The van der Waals surface area contributed by atoms with Crippen molar-refractivity contribution < 1.29 is 4.39 Å². The second-order valence-electron chi connectivity index (χ2n) is 3.48. The number of benzene rings is 1. The third-order valence-corrected chi connectivity index (χ3v) is 2.45. The summed E-state index contributed by atoms with van der Waals surface area (Å²) >= 11 is 0. The highest BCUT2D eigenvalue weighted by Gasteiger charge is 2.13. The van der Waals surface area contributed by atoms with Gasteiger partial charge in [-0.3, -0.25) is 0 Å². The number of hydrogen-bond acceptors (Lipinski definition) is 3. The number of nitrogens with zero attached hydrogens (tertiary/aromatic N) is 2. The minimum atomic E-state index is -0.259. The van der Waals surface area contributed by atoms with Gasteiger partial charge in [0.15, 0.2) is 0 Å². The third-order valence-electron chi connectivity index (χ3n) is 2.45. The number of aromatic nitrogens is 2. The van der Waals surface area contributed by atoms with Gasteiger partial charge in [0.05, 0.1) is 5.69 Å². The molecule has 2 rings (SSSR count). The molecule has 0 amide bonds. The highest BCUT2D eigenvalue weighted by Crippen LogP contribution is 2.21. The monoisotopic (exact) mass is 217 g/mol. The normalized spacial score (nSPS) is 12.4. The van der Waals surface area contributed by atoms with Crippen LogP contribution in [0.3, 0.4) is 0 Å². The van der Waals surface area contributed by atoms with E-state index >= 15 is 0 Å². The Hall–Kier alpha value is -1.81. The van der Waals surface area contributed by atoms with Crippen LogP contribution in [0.5, 0.6) is 0 Å². The van der Waals surface area contributed by atoms with Crippen LogP contribution in [-0.2, 0) is 0 Å². The lowest BCUT2D eigenvalue weighted by Gasteiger charge is -2.14. The first-order valence-corrected chi connectivity index (χ1v) is 5.02. The lowest BCUT2D eigenvalue weighted by atomic mass is 9.95. The number of halogens is 1. The van der Waals surface area contributed by atoms with E-state index in [1.165, 1.54) is 18.5 Å². The summed E-state index contributed by atoms with van der Waals surface area (Å²) in [7, 11) is 0. The number of rotatable bonds is 3. The van der Waals surface area contributed by atoms with Gasteiger partial charge in [0, 0.05) is 18.7 Å². The first kappa shape index (κ1) is 10.7. The van der Waals surface area contributed by atoms with Gasteiger partial charge in [-0.2, -0.15) is 0 Å². The lowest BCUT2D eigenvalue weighted by Crippen LogP contribution is -2.15. The van der Waals surface area contributed by atoms with Gasteiger partial charge in [0.2, 0.25) is 0 Å². The van der Waals surface area contributed by atoms with Gasteiger partial charge in [-0.05, 0) is 23.8 Å². The minimum absolute atomic E-state index is 0.0845. The summed E-state index contributed by atoms with van der Waals surface area (Å²) in [6, 6.07) is 8.22. The van der Waals surface area contributed by atoms with Crippen LogP contribution >= 0.6 is 0 Å². The smallest absolute Gasteiger partial charge is 0.123 e. The zero-order valence-corrected chi connectivity index (χ0v) is 8.68. The van der Waals surface area contributed by atoms with E-state index in [0.29, 0.717) is 6.54 Å². The predicted molar refractivity (Wildman–Crippen MR) is 59.3 cm³/mol. The van der Waals surface area contributed by atoms with E-state index in [4.69, 9.17) is 5.73 Å². The van der Waals surface area contributed by atoms with Crippen LogP contribution in [-0.4, -0.2) is 16.5 Å². The molecule has 0 aliphatic rings. The number of hydrogen-bond donors (Lipinski definition) is 1. The van der Waals surface area contributed by atoms with Gasteiger partial charge in [-0.25, -0.2) is 14.4 Å². The van der Waals surface area contributed by atoms with Crippen LogP contribution < -0.4 is 5.73 Å². The van der Waals surface area contributed by atoms with Crippen LogP contribution in [0.15, 0.2) is 42.9 Å². The maximum absolute atomic E-state index is 13.1. The highest BCUT2D eigenvalue weighted by molar-refractivity contribution is 5.28. The van der Waals surface area contributed by atoms with Crippen LogP contribution in [0.2, 0.25) is 0 Å². The van der Waals surface area contributed by atoms with Crippen molar-refractivity contribution in [3.63, 3.8) is 0 Å². The predicted octanol–water partition coefficient (Wildman–Crippen LogP) is 1.71. The summed E-state index contributed by atoms with van der Waals surface area (Å²) in [6.07, 6.45) is 3.13. The summed E-state index contributed by atoms with van der Waals surface area (Å²) in [5.41, 5.74) is 7.35. The molecule has 1 aromatic heterocycles. The minimum Gasteiger partial charge on any atom is -0.329 e. The molecule has 2 aromatic rings. The number of nitrogens with two attached hydrogens (primary N) is 1. The second-order valence-corrected chi connectivity index (χ2v) is 3.48. The molecule has 0 fully saturated rings. The molecule has 0 spiro atoms. The van der Waals surface area contributed by atoms with Crippen molar-refractivity contribution in [2.75, 3.05) is 6.54 Å². The van der Waals surface area contributed by atoms with E-state index in [2.05, 4.69) is 9.97 Å². The summed E-state index contributed by atoms with van der Waals surface area (Å²) < 4.78 is 13.1. The SMILES string of the molecule is NCC(c1cccc(F)c1)c1ccncn1. The van der Waals surface area contributed by atoms with E-state index in [-0.39, 0.29) is 11.7 Å². The third kappa shape index (κ3) is 2.23. The molecule has 0 radical (unpaired) electrons. The van der Waals surface area contributed by atoms with Crippen LogP contribution in [0.25, 0.3) is 0 Å². The molecular formula is C12H12FN3. The van der Waals surface area contributed by atoms with E-state index in [1.54, 1.807) is 18.3 Å². The Morgan fingerprint density at radius 2 is 2.19 bits per heavy atom. The van der Waals surface area contributed by atoms with Gasteiger partial charge in [0.25, 0.3) is 0 Å². The molecule has 3 nitrogen and oxygen atoms in total. The van der Waals surface area contributed by atoms with Gasteiger partial charge < -0.3 is 5.73 Å². The summed E-state index contributed by atoms with van der Waals surface area (Å²) in [6.45, 7) is 0.389. The van der Waals surface area contributed by atoms with Crippen molar-refractivity contribution in [3.8, 4) is 0 Å². The molecule has 4 heteroatoms. The fourth-order valence-corrected chi connectivity index (χ4v) is 1.66. The molecule has 16 heavy (non-hydrogen) atoms. The van der Waals surface area contributed by atoms with Crippen LogP contribution in [0.1, 0.15) is 17.2 Å². The van der Waals surface area contributed by atoms with Gasteiger partial charge in [-0.1, -0.05) is 12.1 Å². The Balaban J connectivity index is 2.37. The van der Waals surface area contributed by atoms with Crippen molar-refractivity contribution in [1.82, 2.24) is 9.97 Å². The Kier molecular flexibility index (Phi) is 3.22. The molecule has 1 atom stereocenters. The Labute approximate surface area is 93.2 Å². The fraction of sp³-hybridized carbons (Fsp3) is 0.167. The van der Waals surface area contributed by atoms with Crippen molar-refractivity contribution in [3.05, 3.63) is 59.9 Å². The molecule has 0 saturated heterocycles.